The van der Waals surface area contributed by atoms with Crippen LogP contribution in [0.1, 0.15) is 0 Å². The lowest BCUT2D eigenvalue weighted by Gasteiger charge is -2.52. The van der Waals surface area contributed by atoms with Gasteiger partial charge in [-0.3, -0.25) is 0 Å². The highest BCUT2D eigenvalue weighted by atomic mass is 28.5. The molecule has 2 rings (SSSR count). The summed E-state index contributed by atoms with van der Waals surface area (Å²) in [5, 5.41) is 0. The standard InChI is InChI=1S/C8H24O4Si4.C6F18O3Si3/c1-13(2)9-14(3,4)11-16(7,8)12-15(5,6)10-13;7-1(8,9)28(2(10,11)12)25-29(3(13,14)15,4(16,17)18)27-30(26-28,5(19,20)21)6(22,23)24/h1-8H3;. The highest BCUT2D eigenvalue weighted by Crippen LogP contribution is 2.60. The van der Waals surface area contributed by atoms with Crippen LogP contribution < -0.4 is 0 Å². The van der Waals surface area contributed by atoms with Crippen molar-refractivity contribution in [2.24, 2.45) is 0 Å². The minimum absolute atomic E-state index is 2.07. The first-order valence-corrected chi connectivity index (χ1v) is 28.5. The van der Waals surface area contributed by atoms with Gasteiger partial charge in [-0.25, -0.2) is 0 Å². The van der Waals surface area contributed by atoms with Gasteiger partial charge in [0, 0.05) is 0 Å². The van der Waals surface area contributed by atoms with Crippen LogP contribution in [-0.2, 0) is 28.8 Å². The maximum atomic E-state index is 12.9. The van der Waals surface area contributed by atoms with E-state index in [9.17, 15) is 79.0 Å². The maximum absolute atomic E-state index is 12.9. The van der Waals surface area contributed by atoms with Gasteiger partial charge in [0.2, 0.25) is 0 Å². The summed E-state index contributed by atoms with van der Waals surface area (Å²) in [5.41, 5.74) is 0. The molecule has 0 radical (unpaired) electrons. The van der Waals surface area contributed by atoms with Gasteiger partial charge in [0.1, 0.15) is 0 Å². The molecule has 2 aliphatic rings. The fraction of sp³-hybridized carbons (Fsp3) is 1.00. The van der Waals surface area contributed by atoms with Crippen molar-refractivity contribution in [2.75, 3.05) is 0 Å². The van der Waals surface area contributed by atoms with Crippen molar-refractivity contribution in [1.29, 1.82) is 0 Å². The topological polar surface area (TPSA) is 64.6 Å². The van der Waals surface area contributed by atoms with E-state index >= 15 is 0 Å². The minimum Gasteiger partial charge on any atom is -0.416 e. The molecule has 0 saturated carbocycles. The Balaban J connectivity index is 0.000000554. The molecule has 0 amide bonds. The minimum atomic E-state index is -9.68. The second kappa shape index (κ2) is 12.0. The van der Waals surface area contributed by atoms with Gasteiger partial charge in [0.15, 0.2) is 0 Å². The molecule has 32 heteroatoms. The number of halogens is 18. The SMILES string of the molecule is C[Si]1(C)O[Si](C)(C)O[Si](C)(C)O[Si](C)(C)O1.FC(F)(F)[Si]1(C(F)(F)F)O[Si](C(F)(F)F)(C(F)(F)F)O[Si](C(F)(F)F)(C(F)(F)F)O1. The third-order valence-electron chi connectivity index (χ3n) is 5.07. The van der Waals surface area contributed by atoms with Crippen molar-refractivity contribution in [3.8, 4) is 0 Å². The molecule has 2 saturated heterocycles. The van der Waals surface area contributed by atoms with E-state index < -0.39 is 94.7 Å². The van der Waals surface area contributed by atoms with Crippen molar-refractivity contribution < 1.29 is 108 Å². The van der Waals surface area contributed by atoms with Crippen LogP contribution in [0.15, 0.2) is 0 Å². The Morgan fingerprint density at radius 1 is 0.239 bits per heavy atom. The first-order valence-electron chi connectivity index (χ1n) is 11.8. The van der Waals surface area contributed by atoms with Crippen LogP contribution in [0.25, 0.3) is 0 Å². The van der Waals surface area contributed by atoms with Crippen LogP contribution in [0.5, 0.6) is 0 Å². The molecular formula is C14H24F18O7Si7. The Hall–Kier alpha value is -0.0218. The van der Waals surface area contributed by atoms with Gasteiger partial charge in [-0.2, -0.15) is 79.0 Å². The third kappa shape index (κ3) is 8.82. The van der Waals surface area contributed by atoms with Gasteiger partial charge in [-0.1, -0.05) is 0 Å². The van der Waals surface area contributed by atoms with Crippen LogP contribution in [0.3, 0.4) is 0 Å². The first-order chi connectivity index (χ1) is 19.4. The van der Waals surface area contributed by atoms with E-state index in [-0.39, 0.29) is 0 Å². The summed E-state index contributed by atoms with van der Waals surface area (Å²) in [4.78, 5) is 0. The zero-order valence-corrected chi connectivity index (χ0v) is 31.2. The Kier molecular flexibility index (Phi) is 11.5. The lowest BCUT2D eigenvalue weighted by Crippen LogP contribution is -2.90. The molecule has 0 aromatic rings. The Bertz CT molecular complexity index is 881. The third-order valence-corrected chi connectivity index (χ3v) is 32.2. The van der Waals surface area contributed by atoms with E-state index in [1.165, 1.54) is 0 Å². The van der Waals surface area contributed by atoms with Crippen LogP contribution in [0, 0.1) is 0 Å². The lowest BCUT2D eigenvalue weighted by molar-refractivity contribution is -0.216. The molecular weight excluding hydrogens is 819 g/mol. The molecule has 0 aliphatic carbocycles. The monoisotopic (exact) mass is 842 g/mol. The lowest BCUT2D eigenvalue weighted by atomic mass is 11.5. The van der Waals surface area contributed by atoms with Gasteiger partial charge >= 0.3 is 94.7 Å². The predicted molar refractivity (Wildman–Crippen MR) is 131 cm³/mol. The van der Waals surface area contributed by atoms with E-state index in [4.69, 9.17) is 16.5 Å². The second-order valence-corrected chi connectivity index (χ2v) is 35.2. The van der Waals surface area contributed by atoms with E-state index in [0.717, 1.165) is 0 Å². The Morgan fingerprint density at radius 3 is 0.435 bits per heavy atom. The molecule has 7 nitrogen and oxygen atoms in total. The molecule has 0 N–H and O–H groups in total. The van der Waals surface area contributed by atoms with Crippen molar-refractivity contribution in [3.05, 3.63) is 0 Å². The van der Waals surface area contributed by atoms with Crippen LogP contribution in [0.4, 0.5) is 79.0 Å². The second-order valence-electron chi connectivity index (χ2n) is 11.2. The summed E-state index contributed by atoms with van der Waals surface area (Å²) in [6, 6.07) is 0. The molecule has 0 aromatic carbocycles. The van der Waals surface area contributed by atoms with Crippen molar-refractivity contribution in [1.82, 2.24) is 0 Å². The molecule has 46 heavy (non-hydrogen) atoms. The summed E-state index contributed by atoms with van der Waals surface area (Å²) in [6.07, 6.45) is 0. The number of hydrogen-bond acceptors (Lipinski definition) is 7. The summed E-state index contributed by atoms with van der Waals surface area (Å²) in [7, 11) is -37.5. The average Bonchev–Trinajstić information content (AvgIpc) is 2.64. The normalized spacial score (nSPS) is 26.2. The number of rotatable bonds is 0. The molecule has 2 aliphatic heterocycles. The highest BCUT2D eigenvalue weighted by Gasteiger charge is 3.00. The molecule has 2 fully saturated rings. The van der Waals surface area contributed by atoms with E-state index in [1.54, 1.807) is 0 Å². The zero-order valence-electron chi connectivity index (χ0n) is 24.2. The van der Waals surface area contributed by atoms with Crippen molar-refractivity contribution in [2.45, 2.75) is 87.2 Å². The quantitative estimate of drug-likeness (QED) is 0.182. The highest BCUT2D eigenvalue weighted by molar-refractivity contribution is 6.98. The summed E-state index contributed by atoms with van der Waals surface area (Å²) >= 11 is 0. The first kappa shape index (κ1) is 44.0. The average molecular weight is 843 g/mol. The summed E-state index contributed by atoms with van der Waals surface area (Å²) < 4.78 is 264. The fourth-order valence-corrected chi connectivity index (χ4v) is 38.4. The van der Waals surface area contributed by atoms with Crippen LogP contribution >= 0.6 is 0 Å². The fourth-order valence-electron chi connectivity index (χ4n) is 4.30. The predicted octanol–water partition coefficient (Wildman–Crippen LogP) is 7.86. The molecule has 276 valence electrons. The van der Waals surface area contributed by atoms with Gasteiger partial charge in [-0.05, 0) is 52.4 Å². The Morgan fingerprint density at radius 2 is 0.348 bits per heavy atom. The van der Waals surface area contributed by atoms with Crippen molar-refractivity contribution >= 4 is 59.9 Å². The largest absolute Gasteiger partial charge is 0.557 e. The van der Waals surface area contributed by atoms with Gasteiger partial charge in [0.25, 0.3) is 0 Å². The van der Waals surface area contributed by atoms with Gasteiger partial charge < -0.3 is 28.8 Å². The zero-order chi connectivity index (χ0) is 37.4. The Labute approximate surface area is 255 Å². The van der Waals surface area contributed by atoms with E-state index in [2.05, 4.69) is 64.7 Å². The summed E-state index contributed by atoms with van der Waals surface area (Å²) in [6.45, 7) is 16.6. The molecule has 2 heterocycles. The number of alkyl halides is 18. The molecule has 0 bridgehead atoms. The molecule has 0 aromatic heterocycles. The van der Waals surface area contributed by atoms with Crippen molar-refractivity contribution in [3.63, 3.8) is 0 Å². The van der Waals surface area contributed by atoms with Gasteiger partial charge in [-0.15, -0.1) is 0 Å². The summed E-state index contributed by atoms with van der Waals surface area (Å²) in [5.74, 6) is -46.3. The molecule has 0 atom stereocenters. The van der Waals surface area contributed by atoms with E-state index in [1.807, 2.05) is 0 Å². The van der Waals surface area contributed by atoms with E-state index in [0.29, 0.717) is 0 Å². The maximum Gasteiger partial charge on any atom is 0.557 e. The molecule has 0 unspecified atom stereocenters. The van der Waals surface area contributed by atoms with Crippen LogP contribution in [0.2, 0.25) is 52.4 Å². The molecule has 0 spiro atoms. The number of hydrogen-bond donors (Lipinski definition) is 0. The smallest absolute Gasteiger partial charge is 0.416 e. The van der Waals surface area contributed by atoms with Gasteiger partial charge in [0.05, 0.1) is 0 Å². The van der Waals surface area contributed by atoms with Crippen LogP contribution in [-0.4, -0.2) is 94.7 Å².